The zero-order chi connectivity index (χ0) is 29.3. The molecule has 39 heavy (non-hydrogen) atoms. The molecule has 2 aromatic rings. The second-order valence-electron chi connectivity index (χ2n) is 8.52. The minimum absolute atomic E-state index is 0.244. The van der Waals surface area contributed by atoms with Gasteiger partial charge in [-0.3, -0.25) is 14.4 Å². The average Bonchev–Trinajstić information content (AvgIpc) is 2.91. The van der Waals surface area contributed by atoms with E-state index >= 15 is 0 Å². The Bertz CT molecular complexity index is 1120. The molecule has 0 heterocycles. The molecule has 1 unspecified atom stereocenters. The highest BCUT2D eigenvalue weighted by Gasteiger charge is 2.38. The fraction of sp³-hybridized carbons (Fsp3) is 0.414. The van der Waals surface area contributed by atoms with Crippen LogP contribution >= 0.6 is 0 Å². The van der Waals surface area contributed by atoms with Gasteiger partial charge in [-0.05, 0) is 74.6 Å². The number of rotatable bonds is 14. The summed E-state index contributed by atoms with van der Waals surface area (Å²) in [7, 11) is 0. The van der Waals surface area contributed by atoms with Gasteiger partial charge in [0.25, 0.3) is 0 Å². The molecule has 1 atom stereocenters. The van der Waals surface area contributed by atoms with Crippen molar-refractivity contribution in [1.82, 2.24) is 5.32 Å². The Labute approximate surface area is 228 Å². The number of ketones is 1. The lowest BCUT2D eigenvalue weighted by Gasteiger charge is -2.31. The number of Topliss-reactive ketones (excluding diaryl/α,β-unsaturated/α-hetero) is 1. The van der Waals surface area contributed by atoms with Crippen molar-refractivity contribution in [3.63, 3.8) is 0 Å². The number of ether oxygens (including phenoxy) is 3. The molecular weight excluding hydrogens is 506 g/mol. The van der Waals surface area contributed by atoms with E-state index in [2.05, 4.69) is 5.32 Å². The smallest absolute Gasteiger partial charge is 0.373 e. The lowest BCUT2D eigenvalue weighted by Crippen LogP contribution is -2.54. The summed E-state index contributed by atoms with van der Waals surface area (Å²) in [6, 6.07) is 14.0. The van der Waals surface area contributed by atoms with Gasteiger partial charge in [0, 0.05) is 18.9 Å². The van der Waals surface area contributed by atoms with Crippen LogP contribution in [0.1, 0.15) is 69.3 Å². The normalized spacial score (nSPS) is 11.5. The Hall–Kier alpha value is -4.30. The van der Waals surface area contributed by atoms with Gasteiger partial charge in [-0.2, -0.15) is 9.59 Å². The molecule has 0 radical (unpaired) electrons. The third-order valence-electron chi connectivity index (χ3n) is 5.68. The number of benzene rings is 2. The van der Waals surface area contributed by atoms with Crippen molar-refractivity contribution < 1.29 is 43.0 Å². The number of hydrogen-bond donors (Lipinski definition) is 1. The first-order valence-corrected chi connectivity index (χ1v) is 12.7. The second kappa shape index (κ2) is 17.3. The van der Waals surface area contributed by atoms with Crippen LogP contribution in [0.4, 0.5) is 0 Å². The summed E-state index contributed by atoms with van der Waals surface area (Å²) >= 11 is 0. The first-order chi connectivity index (χ1) is 18.6. The van der Waals surface area contributed by atoms with Crippen LogP contribution in [0.25, 0.3) is 0 Å². The molecule has 0 fully saturated rings. The van der Waals surface area contributed by atoms with E-state index in [0.717, 1.165) is 5.56 Å². The molecule has 0 bridgehead atoms. The van der Waals surface area contributed by atoms with Crippen LogP contribution in [0.3, 0.4) is 0 Å². The maximum absolute atomic E-state index is 12.6. The summed E-state index contributed by atoms with van der Waals surface area (Å²) in [4.78, 5) is 64.2. The van der Waals surface area contributed by atoms with Gasteiger partial charge in [0.05, 0.1) is 6.61 Å². The Morgan fingerprint density at radius 2 is 1.44 bits per heavy atom. The number of hydrogen-bond acceptors (Lipinski definition) is 9. The number of nitrogens with one attached hydrogen (secondary N) is 1. The summed E-state index contributed by atoms with van der Waals surface area (Å²) in [5.74, 6) is -0.200. The maximum Gasteiger partial charge on any atom is 0.373 e. The molecule has 1 N–H and O–H groups in total. The van der Waals surface area contributed by atoms with E-state index < -0.39 is 11.5 Å². The third kappa shape index (κ3) is 11.3. The highest BCUT2D eigenvalue weighted by molar-refractivity contribution is 5.98. The molecule has 0 aliphatic carbocycles. The van der Waals surface area contributed by atoms with Gasteiger partial charge in [-0.15, -0.1) is 0 Å². The molecule has 0 aliphatic heterocycles. The van der Waals surface area contributed by atoms with Gasteiger partial charge in [0.15, 0.2) is 12.4 Å². The third-order valence-corrected chi connectivity index (χ3v) is 5.68. The van der Waals surface area contributed by atoms with Crippen LogP contribution in [0, 0.1) is 0 Å². The molecule has 0 saturated heterocycles. The van der Waals surface area contributed by atoms with Gasteiger partial charge >= 0.3 is 18.1 Å². The van der Waals surface area contributed by atoms with Gasteiger partial charge in [0.1, 0.15) is 17.0 Å². The molecular formula is C29H35NO9. The minimum Gasteiger partial charge on any atom is -0.464 e. The number of carbonyl (C=O) groups excluding carboxylic acids is 6. The first kappa shape index (κ1) is 32.7. The molecule has 2 rings (SSSR count). The highest BCUT2D eigenvalue weighted by atomic mass is 16.5. The molecule has 10 heteroatoms. The van der Waals surface area contributed by atoms with Gasteiger partial charge in [-0.25, -0.2) is 4.79 Å². The predicted octanol–water partition coefficient (Wildman–Crippen LogP) is 4.20. The molecule has 2 aromatic carbocycles. The molecule has 0 aromatic heterocycles. The largest absolute Gasteiger partial charge is 0.464 e. The number of aryl methyl sites for hydroxylation is 1. The standard InChI is InChI=1S/C28H35NO7.CO2/c1-5-8-26(32)35-19-25(31)22-11-15-24(16-12-22)36-23-13-9-21(10-14-23)17-18-28(6-2,29-20(4)30)27(33)34-7-3;2-1-3/h9-16H,5-8,17-19H2,1-4H3,(H,29,30);. The Morgan fingerprint density at radius 3 is 1.92 bits per heavy atom. The SMILES string of the molecule is CCCC(=O)OCC(=O)c1ccc(Oc2ccc(CCC(CC)(NC(C)=O)C(=O)OCC)cc2)cc1.O=C=O. The van der Waals surface area contributed by atoms with Crippen LogP contribution in [0.5, 0.6) is 11.5 Å². The van der Waals surface area contributed by atoms with Crippen molar-refractivity contribution in [2.45, 2.75) is 65.3 Å². The lowest BCUT2D eigenvalue weighted by molar-refractivity contribution is -0.191. The quantitative estimate of drug-likeness (QED) is 0.275. The number of amides is 1. The van der Waals surface area contributed by atoms with Crippen molar-refractivity contribution in [3.05, 3.63) is 59.7 Å². The zero-order valence-electron chi connectivity index (χ0n) is 22.7. The van der Waals surface area contributed by atoms with E-state index in [0.29, 0.717) is 49.2 Å². The van der Waals surface area contributed by atoms with Crippen LogP contribution in [0.2, 0.25) is 0 Å². The van der Waals surface area contributed by atoms with Gasteiger partial charge < -0.3 is 19.5 Å². The van der Waals surface area contributed by atoms with Crippen LogP contribution in [-0.4, -0.2) is 48.5 Å². The summed E-state index contributed by atoms with van der Waals surface area (Å²) in [5, 5.41) is 2.79. The van der Waals surface area contributed by atoms with E-state index in [9.17, 15) is 19.2 Å². The van der Waals surface area contributed by atoms with Crippen molar-refractivity contribution in [2.24, 2.45) is 0 Å². The van der Waals surface area contributed by atoms with E-state index in [-0.39, 0.29) is 37.0 Å². The Balaban J connectivity index is 0.00000242. The summed E-state index contributed by atoms with van der Waals surface area (Å²) in [6.45, 7) is 6.81. The Morgan fingerprint density at radius 1 is 0.872 bits per heavy atom. The second-order valence-corrected chi connectivity index (χ2v) is 8.52. The summed E-state index contributed by atoms with van der Waals surface area (Å²) in [5.41, 5.74) is 0.348. The van der Waals surface area contributed by atoms with E-state index in [1.165, 1.54) is 6.92 Å². The van der Waals surface area contributed by atoms with Gasteiger partial charge in [0.2, 0.25) is 5.91 Å². The van der Waals surface area contributed by atoms with Crippen molar-refractivity contribution >= 4 is 29.8 Å². The molecule has 0 saturated carbocycles. The predicted molar refractivity (Wildman–Crippen MR) is 140 cm³/mol. The van der Waals surface area contributed by atoms with E-state index in [4.69, 9.17) is 23.8 Å². The lowest BCUT2D eigenvalue weighted by atomic mass is 9.88. The molecule has 0 aliphatic rings. The molecule has 0 spiro atoms. The Kier molecular flexibility index (Phi) is 14.5. The number of esters is 2. The minimum atomic E-state index is -1.06. The zero-order valence-corrected chi connectivity index (χ0v) is 22.7. The van der Waals surface area contributed by atoms with Crippen molar-refractivity contribution in [1.29, 1.82) is 0 Å². The van der Waals surface area contributed by atoms with Crippen molar-refractivity contribution in [3.8, 4) is 11.5 Å². The van der Waals surface area contributed by atoms with Crippen LogP contribution in [0.15, 0.2) is 48.5 Å². The summed E-state index contributed by atoms with van der Waals surface area (Å²) in [6.07, 6.45) is 2.60. The van der Waals surface area contributed by atoms with Crippen molar-refractivity contribution in [2.75, 3.05) is 13.2 Å². The molecule has 210 valence electrons. The maximum atomic E-state index is 12.6. The topological polar surface area (TPSA) is 142 Å². The monoisotopic (exact) mass is 541 g/mol. The van der Waals surface area contributed by atoms with Crippen LogP contribution in [-0.2, 0) is 39.9 Å². The average molecular weight is 542 g/mol. The van der Waals surface area contributed by atoms with Crippen LogP contribution < -0.4 is 10.1 Å². The van der Waals surface area contributed by atoms with E-state index in [1.54, 1.807) is 31.2 Å². The highest BCUT2D eigenvalue weighted by Crippen LogP contribution is 2.25. The molecule has 1 amide bonds. The van der Waals surface area contributed by atoms with E-state index in [1.807, 2.05) is 38.1 Å². The fourth-order valence-corrected chi connectivity index (χ4v) is 3.66. The molecule has 10 nitrogen and oxygen atoms in total. The number of carbonyl (C=O) groups is 4. The first-order valence-electron chi connectivity index (χ1n) is 12.7. The summed E-state index contributed by atoms with van der Waals surface area (Å²) < 4.78 is 16.0. The van der Waals surface area contributed by atoms with Gasteiger partial charge in [-0.1, -0.05) is 26.0 Å². The fourth-order valence-electron chi connectivity index (χ4n) is 3.66.